The van der Waals surface area contributed by atoms with Crippen LogP contribution >= 0.6 is 0 Å². The van der Waals surface area contributed by atoms with Gasteiger partial charge < -0.3 is 15.2 Å². The van der Waals surface area contributed by atoms with E-state index in [1.165, 1.54) is 0 Å². The van der Waals surface area contributed by atoms with E-state index in [4.69, 9.17) is 9.84 Å². The lowest BCUT2D eigenvalue weighted by molar-refractivity contribution is -0.131. The number of alkyl carbamates (subject to hydrolysis) is 1. The van der Waals surface area contributed by atoms with Crippen molar-refractivity contribution >= 4 is 12.1 Å². The molecule has 2 N–H and O–H groups in total. The summed E-state index contributed by atoms with van der Waals surface area (Å²) >= 11 is 0. The fourth-order valence-corrected chi connectivity index (χ4v) is 1.25. The molecule has 0 bridgehead atoms. The first-order valence-corrected chi connectivity index (χ1v) is 5.56. The summed E-state index contributed by atoms with van der Waals surface area (Å²) in [6.07, 6.45) is 1.01. The average Bonchev–Trinajstić information content (AvgIpc) is 2.42. The van der Waals surface area contributed by atoms with Gasteiger partial charge in [0, 0.05) is 6.08 Å². The number of amides is 1. The summed E-state index contributed by atoms with van der Waals surface area (Å²) in [4.78, 5) is 21.6. The Morgan fingerprint density at radius 2 is 2.05 bits per heavy atom. The minimum atomic E-state index is -1.21. The van der Waals surface area contributed by atoms with Gasteiger partial charge in [0.25, 0.3) is 0 Å². The van der Waals surface area contributed by atoms with Crippen molar-refractivity contribution in [1.29, 1.82) is 0 Å². The van der Waals surface area contributed by atoms with Crippen LogP contribution in [0.1, 0.15) is 5.56 Å². The Labute approximate surface area is 109 Å². The molecule has 0 aliphatic rings. The molecule has 5 nitrogen and oxygen atoms in total. The molecule has 1 amide bonds. The van der Waals surface area contributed by atoms with Gasteiger partial charge in [-0.25, -0.2) is 14.0 Å². The smallest absolute Gasteiger partial charge is 0.408 e. The number of nitrogens with one attached hydrogen (secondary N) is 1. The second-order valence-electron chi connectivity index (χ2n) is 3.66. The van der Waals surface area contributed by atoms with Crippen LogP contribution in [0.15, 0.2) is 42.5 Å². The first-order chi connectivity index (χ1) is 9.11. The van der Waals surface area contributed by atoms with E-state index in [0.717, 1.165) is 17.7 Å². The van der Waals surface area contributed by atoms with Gasteiger partial charge in [-0.15, -0.1) is 0 Å². The summed E-state index contributed by atoms with van der Waals surface area (Å²) in [5, 5.41) is 10.6. The van der Waals surface area contributed by atoms with E-state index in [1.54, 1.807) is 24.3 Å². The van der Waals surface area contributed by atoms with Gasteiger partial charge in [0.15, 0.2) is 0 Å². The molecule has 0 saturated heterocycles. The molecular weight excluding hydrogens is 253 g/mol. The average molecular weight is 267 g/mol. The van der Waals surface area contributed by atoms with Crippen molar-refractivity contribution in [2.75, 3.05) is 6.67 Å². The van der Waals surface area contributed by atoms with Crippen LogP contribution in [0, 0.1) is 0 Å². The predicted molar refractivity (Wildman–Crippen MR) is 66.3 cm³/mol. The van der Waals surface area contributed by atoms with Crippen LogP contribution in [0.25, 0.3) is 0 Å². The first kappa shape index (κ1) is 14.7. The van der Waals surface area contributed by atoms with Gasteiger partial charge in [-0.1, -0.05) is 36.4 Å². The fraction of sp³-hybridized carbons (Fsp3) is 0.231. The summed E-state index contributed by atoms with van der Waals surface area (Å²) in [6, 6.07) is 7.99. The van der Waals surface area contributed by atoms with Gasteiger partial charge in [0.05, 0.1) is 6.04 Å². The molecular formula is C13H14FNO4. The summed E-state index contributed by atoms with van der Waals surface area (Å²) in [6.45, 7) is -0.849. The number of benzene rings is 1. The molecule has 0 heterocycles. The molecule has 0 fully saturated rings. The molecule has 1 aromatic rings. The molecule has 0 aliphatic heterocycles. The van der Waals surface area contributed by atoms with Gasteiger partial charge in [0.1, 0.15) is 13.3 Å². The molecule has 102 valence electrons. The molecule has 0 aromatic heterocycles. The van der Waals surface area contributed by atoms with E-state index in [2.05, 4.69) is 5.32 Å². The predicted octanol–water partition coefficient (Wildman–Crippen LogP) is 1.89. The molecule has 1 atom stereocenters. The zero-order chi connectivity index (χ0) is 14.1. The Morgan fingerprint density at radius 3 is 2.63 bits per heavy atom. The van der Waals surface area contributed by atoms with Crippen molar-refractivity contribution in [2.45, 2.75) is 12.6 Å². The van der Waals surface area contributed by atoms with Crippen LogP contribution in [0.4, 0.5) is 9.18 Å². The largest absolute Gasteiger partial charge is 0.478 e. The first-order valence-electron chi connectivity index (χ1n) is 5.56. The number of carboxylic acids is 1. The zero-order valence-corrected chi connectivity index (χ0v) is 10.1. The Kier molecular flexibility index (Phi) is 6.08. The number of alkyl halides is 1. The molecule has 0 saturated carbocycles. The topological polar surface area (TPSA) is 75.6 Å². The minimum absolute atomic E-state index is 0.0638. The Bertz CT molecular complexity index is 447. The van der Waals surface area contributed by atoms with E-state index in [1.807, 2.05) is 6.07 Å². The molecule has 19 heavy (non-hydrogen) atoms. The van der Waals surface area contributed by atoms with Crippen LogP contribution in [-0.2, 0) is 16.1 Å². The molecule has 1 rings (SSSR count). The Hall–Kier alpha value is -2.37. The number of aliphatic carboxylic acids is 1. The van der Waals surface area contributed by atoms with Gasteiger partial charge >= 0.3 is 12.1 Å². The zero-order valence-electron chi connectivity index (χ0n) is 10.1. The third kappa shape index (κ3) is 6.21. The van der Waals surface area contributed by atoms with Crippen molar-refractivity contribution in [2.24, 2.45) is 0 Å². The summed E-state index contributed by atoms with van der Waals surface area (Å²) in [5.41, 5.74) is 0.801. The quantitative estimate of drug-likeness (QED) is 0.772. The Balaban J connectivity index is 2.39. The number of carboxylic acid groups (broad SMARTS) is 1. The lowest BCUT2D eigenvalue weighted by Crippen LogP contribution is -2.35. The normalized spacial score (nSPS) is 12.1. The van der Waals surface area contributed by atoms with Crippen molar-refractivity contribution in [3.63, 3.8) is 0 Å². The second-order valence-corrected chi connectivity index (χ2v) is 3.66. The number of hydrogen-bond acceptors (Lipinski definition) is 3. The summed E-state index contributed by atoms with van der Waals surface area (Å²) < 4.78 is 17.4. The highest BCUT2D eigenvalue weighted by Gasteiger charge is 2.10. The van der Waals surface area contributed by atoms with Crippen LogP contribution in [-0.4, -0.2) is 29.9 Å². The maximum Gasteiger partial charge on any atom is 0.408 e. The number of ether oxygens (including phenoxy) is 1. The third-order valence-electron chi connectivity index (χ3n) is 2.15. The lowest BCUT2D eigenvalue weighted by Gasteiger charge is -2.11. The van der Waals surface area contributed by atoms with Gasteiger partial charge in [-0.3, -0.25) is 0 Å². The van der Waals surface area contributed by atoms with Crippen molar-refractivity contribution < 1.29 is 23.8 Å². The maximum absolute atomic E-state index is 12.5. The molecule has 6 heteroatoms. The fourth-order valence-electron chi connectivity index (χ4n) is 1.25. The second kappa shape index (κ2) is 7.86. The van der Waals surface area contributed by atoms with Crippen LogP contribution < -0.4 is 5.32 Å². The number of rotatable bonds is 6. The molecule has 1 aromatic carbocycles. The highest BCUT2D eigenvalue weighted by Crippen LogP contribution is 2.01. The highest BCUT2D eigenvalue weighted by atomic mass is 19.1. The SMILES string of the molecule is O=C(O)/C=C/[C@@H](CF)NC(=O)OCc1ccccc1. The lowest BCUT2D eigenvalue weighted by atomic mass is 10.2. The number of hydrogen-bond donors (Lipinski definition) is 2. The Morgan fingerprint density at radius 1 is 1.37 bits per heavy atom. The molecule has 0 aliphatic carbocycles. The number of carbonyl (C=O) groups is 2. The summed E-state index contributed by atoms with van der Waals surface area (Å²) in [7, 11) is 0. The van der Waals surface area contributed by atoms with E-state index >= 15 is 0 Å². The van der Waals surface area contributed by atoms with E-state index < -0.39 is 24.8 Å². The minimum Gasteiger partial charge on any atom is -0.478 e. The molecule has 0 spiro atoms. The maximum atomic E-state index is 12.5. The van der Waals surface area contributed by atoms with E-state index in [9.17, 15) is 14.0 Å². The standard InChI is InChI=1S/C13H14FNO4/c14-8-11(6-7-12(16)17)15-13(18)19-9-10-4-2-1-3-5-10/h1-7,11H,8-9H2,(H,15,18)(H,16,17)/b7-6+/t11-/m0/s1. The molecule has 0 unspecified atom stereocenters. The number of halogens is 1. The van der Waals surface area contributed by atoms with Crippen molar-refractivity contribution in [3.05, 3.63) is 48.0 Å². The highest BCUT2D eigenvalue weighted by molar-refractivity contribution is 5.80. The molecule has 0 radical (unpaired) electrons. The van der Waals surface area contributed by atoms with Gasteiger partial charge in [-0.2, -0.15) is 0 Å². The monoisotopic (exact) mass is 267 g/mol. The van der Waals surface area contributed by atoms with Crippen molar-refractivity contribution in [1.82, 2.24) is 5.32 Å². The van der Waals surface area contributed by atoms with Crippen LogP contribution in [0.5, 0.6) is 0 Å². The third-order valence-corrected chi connectivity index (χ3v) is 2.15. The van der Waals surface area contributed by atoms with E-state index in [-0.39, 0.29) is 6.61 Å². The van der Waals surface area contributed by atoms with Crippen molar-refractivity contribution in [3.8, 4) is 0 Å². The van der Waals surface area contributed by atoms with Crippen LogP contribution in [0.3, 0.4) is 0 Å². The van der Waals surface area contributed by atoms with Crippen LogP contribution in [0.2, 0.25) is 0 Å². The van der Waals surface area contributed by atoms with Gasteiger partial charge in [-0.05, 0) is 5.56 Å². The number of carbonyl (C=O) groups excluding carboxylic acids is 1. The van der Waals surface area contributed by atoms with Gasteiger partial charge in [0.2, 0.25) is 0 Å². The summed E-state index contributed by atoms with van der Waals surface area (Å²) in [5.74, 6) is -1.21. The van der Waals surface area contributed by atoms with E-state index in [0.29, 0.717) is 0 Å².